The Morgan fingerprint density at radius 2 is 1.83 bits per heavy atom. The van der Waals surface area contributed by atoms with E-state index in [-0.39, 0.29) is 18.0 Å². The predicted octanol–water partition coefficient (Wildman–Crippen LogP) is 4.00. The van der Waals surface area contributed by atoms with Gasteiger partial charge in [0.25, 0.3) is 0 Å². The minimum absolute atomic E-state index is 0.147. The second-order valence-electron chi connectivity index (χ2n) is 5.03. The summed E-state index contributed by atoms with van der Waals surface area (Å²) >= 11 is 0. The van der Waals surface area contributed by atoms with Crippen molar-refractivity contribution in [2.75, 3.05) is 0 Å². The Labute approximate surface area is 109 Å². The minimum atomic E-state index is -0.168. The van der Waals surface area contributed by atoms with E-state index in [4.69, 9.17) is 4.74 Å². The van der Waals surface area contributed by atoms with Crippen LogP contribution in [0.25, 0.3) is 0 Å². The lowest BCUT2D eigenvalue weighted by molar-refractivity contribution is 0.0953. The van der Waals surface area contributed by atoms with E-state index in [1.165, 1.54) is 32.1 Å². The molecule has 1 aromatic rings. The van der Waals surface area contributed by atoms with Crippen LogP contribution in [0.5, 0.6) is 0 Å². The molecule has 0 saturated carbocycles. The van der Waals surface area contributed by atoms with Gasteiger partial charge in [0.05, 0.1) is 6.10 Å². The standard InChI is InChI=1S/C16H22O2/c1-2-3-4-5-9-12-14-16(18-14)15(17)13-10-7-6-8-11-13/h6-8,10-11,14,16H,2-5,9,12H2,1H3/t14-,16+/m1/s1. The van der Waals surface area contributed by atoms with Crippen molar-refractivity contribution in [3.63, 3.8) is 0 Å². The third kappa shape index (κ3) is 3.67. The highest BCUT2D eigenvalue weighted by Gasteiger charge is 2.44. The summed E-state index contributed by atoms with van der Waals surface area (Å²) in [6.45, 7) is 2.22. The van der Waals surface area contributed by atoms with Gasteiger partial charge in [0.1, 0.15) is 6.10 Å². The predicted molar refractivity (Wildman–Crippen MR) is 72.8 cm³/mol. The molecule has 18 heavy (non-hydrogen) atoms. The van der Waals surface area contributed by atoms with Gasteiger partial charge in [-0.3, -0.25) is 4.79 Å². The zero-order valence-electron chi connectivity index (χ0n) is 11.1. The van der Waals surface area contributed by atoms with E-state index in [2.05, 4.69) is 6.92 Å². The van der Waals surface area contributed by atoms with Crippen molar-refractivity contribution in [3.05, 3.63) is 35.9 Å². The fourth-order valence-corrected chi connectivity index (χ4v) is 2.31. The van der Waals surface area contributed by atoms with E-state index in [9.17, 15) is 4.79 Å². The van der Waals surface area contributed by atoms with Gasteiger partial charge >= 0.3 is 0 Å². The summed E-state index contributed by atoms with van der Waals surface area (Å²) in [5.41, 5.74) is 0.774. The van der Waals surface area contributed by atoms with E-state index in [1.54, 1.807) is 0 Å². The number of hydrogen-bond acceptors (Lipinski definition) is 2. The average molecular weight is 246 g/mol. The second-order valence-corrected chi connectivity index (χ2v) is 5.03. The molecule has 98 valence electrons. The molecule has 0 bridgehead atoms. The van der Waals surface area contributed by atoms with Gasteiger partial charge in [-0.05, 0) is 6.42 Å². The number of ketones is 1. The number of hydrogen-bond donors (Lipinski definition) is 0. The van der Waals surface area contributed by atoms with Crippen molar-refractivity contribution in [2.24, 2.45) is 0 Å². The summed E-state index contributed by atoms with van der Waals surface area (Å²) in [7, 11) is 0. The van der Waals surface area contributed by atoms with Gasteiger partial charge in [-0.25, -0.2) is 0 Å². The van der Waals surface area contributed by atoms with Crippen LogP contribution in [-0.4, -0.2) is 18.0 Å². The van der Waals surface area contributed by atoms with E-state index in [0.717, 1.165) is 12.0 Å². The van der Waals surface area contributed by atoms with Crippen LogP contribution in [0.4, 0.5) is 0 Å². The highest BCUT2D eigenvalue weighted by Crippen LogP contribution is 2.30. The van der Waals surface area contributed by atoms with Crippen LogP contribution in [0, 0.1) is 0 Å². The lowest BCUT2D eigenvalue weighted by Crippen LogP contribution is -2.10. The highest BCUT2D eigenvalue weighted by molar-refractivity contribution is 6.01. The fraction of sp³-hybridized carbons (Fsp3) is 0.562. The SMILES string of the molecule is CCCCCCC[C@H]1O[C@@H]1C(=O)c1ccccc1. The van der Waals surface area contributed by atoms with E-state index >= 15 is 0 Å². The third-order valence-corrected chi connectivity index (χ3v) is 3.49. The molecule has 0 radical (unpaired) electrons. The van der Waals surface area contributed by atoms with Crippen molar-refractivity contribution in [2.45, 2.75) is 57.7 Å². The van der Waals surface area contributed by atoms with E-state index in [0.29, 0.717) is 0 Å². The first-order valence-corrected chi connectivity index (χ1v) is 7.07. The van der Waals surface area contributed by atoms with Crippen LogP contribution >= 0.6 is 0 Å². The van der Waals surface area contributed by atoms with E-state index in [1.807, 2.05) is 30.3 Å². The van der Waals surface area contributed by atoms with Crippen molar-refractivity contribution in [3.8, 4) is 0 Å². The first kappa shape index (κ1) is 13.3. The number of rotatable bonds is 8. The average Bonchev–Trinajstić information content (AvgIpc) is 3.18. The summed E-state index contributed by atoms with van der Waals surface area (Å²) in [6.07, 6.45) is 7.39. The molecule has 2 heteroatoms. The molecule has 0 unspecified atom stereocenters. The molecule has 1 aliphatic heterocycles. The van der Waals surface area contributed by atoms with Crippen LogP contribution in [-0.2, 0) is 4.74 Å². The Kier molecular flexibility index (Phi) is 4.94. The molecule has 0 aromatic heterocycles. The van der Waals surface area contributed by atoms with Gasteiger partial charge in [-0.15, -0.1) is 0 Å². The van der Waals surface area contributed by atoms with E-state index < -0.39 is 0 Å². The first-order valence-electron chi connectivity index (χ1n) is 7.07. The molecule has 1 aromatic carbocycles. The summed E-state index contributed by atoms with van der Waals surface area (Å²) in [5, 5.41) is 0. The number of carbonyl (C=O) groups excluding carboxylic acids is 1. The molecule has 1 fully saturated rings. The lowest BCUT2D eigenvalue weighted by atomic mass is 10.0. The van der Waals surface area contributed by atoms with Gasteiger partial charge in [-0.2, -0.15) is 0 Å². The molecule has 2 rings (SSSR count). The lowest BCUT2D eigenvalue weighted by Gasteiger charge is -1.98. The van der Waals surface area contributed by atoms with Gasteiger partial charge in [-0.1, -0.05) is 69.4 Å². The number of benzene rings is 1. The Balaban J connectivity index is 1.67. The number of Topliss-reactive ketones (excluding diaryl/α,β-unsaturated/α-hetero) is 1. The number of carbonyl (C=O) groups is 1. The van der Waals surface area contributed by atoms with Crippen LogP contribution in [0.3, 0.4) is 0 Å². The molecule has 1 saturated heterocycles. The molecule has 1 heterocycles. The molecule has 0 amide bonds. The van der Waals surface area contributed by atoms with Crippen LogP contribution in [0.15, 0.2) is 30.3 Å². The summed E-state index contributed by atoms with van der Waals surface area (Å²) in [6, 6.07) is 9.45. The van der Waals surface area contributed by atoms with Crippen molar-refractivity contribution < 1.29 is 9.53 Å². The smallest absolute Gasteiger partial charge is 0.194 e. The highest BCUT2D eigenvalue weighted by atomic mass is 16.6. The zero-order chi connectivity index (χ0) is 12.8. The molecule has 0 spiro atoms. The van der Waals surface area contributed by atoms with Crippen molar-refractivity contribution >= 4 is 5.78 Å². The first-order chi connectivity index (χ1) is 8.83. The third-order valence-electron chi connectivity index (χ3n) is 3.49. The Morgan fingerprint density at radius 1 is 1.11 bits per heavy atom. The molecule has 2 atom stereocenters. The van der Waals surface area contributed by atoms with Gasteiger partial charge in [0.2, 0.25) is 0 Å². The Hall–Kier alpha value is -1.15. The number of unbranched alkanes of at least 4 members (excludes halogenated alkanes) is 4. The monoisotopic (exact) mass is 246 g/mol. The molecule has 0 N–H and O–H groups in total. The Morgan fingerprint density at radius 3 is 2.56 bits per heavy atom. The maximum Gasteiger partial charge on any atom is 0.194 e. The molecular formula is C16H22O2. The summed E-state index contributed by atoms with van der Waals surface area (Å²) < 4.78 is 5.49. The molecule has 1 aliphatic rings. The van der Waals surface area contributed by atoms with Crippen molar-refractivity contribution in [1.29, 1.82) is 0 Å². The van der Waals surface area contributed by atoms with Crippen LogP contribution < -0.4 is 0 Å². The van der Waals surface area contributed by atoms with Gasteiger partial charge in [0, 0.05) is 5.56 Å². The quantitative estimate of drug-likeness (QED) is 0.394. The largest absolute Gasteiger partial charge is 0.361 e. The summed E-state index contributed by atoms with van der Waals surface area (Å²) in [4.78, 5) is 12.0. The Bertz CT molecular complexity index is 372. The molecular weight excluding hydrogens is 224 g/mol. The molecule has 0 aliphatic carbocycles. The minimum Gasteiger partial charge on any atom is -0.361 e. The number of epoxide rings is 1. The van der Waals surface area contributed by atoms with Gasteiger partial charge < -0.3 is 4.74 Å². The summed E-state index contributed by atoms with van der Waals surface area (Å²) in [5.74, 6) is 0.147. The maximum atomic E-state index is 12.0. The fourth-order valence-electron chi connectivity index (χ4n) is 2.31. The topological polar surface area (TPSA) is 29.6 Å². The normalized spacial score (nSPS) is 21.8. The molecule has 2 nitrogen and oxygen atoms in total. The number of ether oxygens (including phenoxy) is 1. The maximum absolute atomic E-state index is 12.0. The zero-order valence-corrected chi connectivity index (χ0v) is 11.1. The van der Waals surface area contributed by atoms with Crippen LogP contribution in [0.2, 0.25) is 0 Å². The second kappa shape index (κ2) is 6.69. The van der Waals surface area contributed by atoms with Crippen LogP contribution in [0.1, 0.15) is 55.8 Å². The van der Waals surface area contributed by atoms with Crippen molar-refractivity contribution in [1.82, 2.24) is 0 Å². The van der Waals surface area contributed by atoms with Gasteiger partial charge in [0.15, 0.2) is 5.78 Å².